The summed E-state index contributed by atoms with van der Waals surface area (Å²) in [4.78, 5) is 16.3. The molecule has 0 bridgehead atoms. The van der Waals surface area contributed by atoms with Gasteiger partial charge in [-0.15, -0.1) is 11.3 Å². The Morgan fingerprint density at radius 1 is 1.28 bits per heavy atom. The van der Waals surface area contributed by atoms with E-state index in [9.17, 15) is 4.79 Å². The molecule has 0 N–H and O–H groups in total. The summed E-state index contributed by atoms with van der Waals surface area (Å²) in [6, 6.07) is 6.24. The minimum Gasteiger partial charge on any atom is -0.379 e. The van der Waals surface area contributed by atoms with Crippen molar-refractivity contribution in [1.29, 1.82) is 0 Å². The molecule has 1 amide bonds. The minimum absolute atomic E-state index is 0.0283. The van der Waals surface area contributed by atoms with Gasteiger partial charge >= 0.3 is 0 Å². The molecule has 4 rings (SSSR count). The SMILES string of the molecule is O=C(CCN1CCOCC1)N1N=C(c2cccs2)CC1c1ccsc1. The van der Waals surface area contributed by atoms with Crippen molar-refractivity contribution in [3.05, 3.63) is 44.8 Å². The summed E-state index contributed by atoms with van der Waals surface area (Å²) in [5.74, 6) is 0.106. The molecule has 4 heterocycles. The first-order chi connectivity index (χ1) is 12.3. The standard InChI is InChI=1S/C18H21N3O2S2/c22-18(3-5-20-6-8-23-9-7-20)21-16(14-4-11-24-13-14)12-15(19-21)17-2-1-10-25-17/h1-2,4,10-11,13,16H,3,5-9,12H2. The summed E-state index contributed by atoms with van der Waals surface area (Å²) in [7, 11) is 0. The van der Waals surface area contributed by atoms with E-state index >= 15 is 0 Å². The molecular formula is C18H21N3O2S2. The van der Waals surface area contributed by atoms with Gasteiger partial charge < -0.3 is 4.74 Å². The minimum atomic E-state index is 0.0283. The number of hydrogen-bond donors (Lipinski definition) is 0. The van der Waals surface area contributed by atoms with Gasteiger partial charge in [0.05, 0.1) is 29.8 Å². The zero-order valence-corrected chi connectivity index (χ0v) is 15.6. The fourth-order valence-electron chi connectivity index (χ4n) is 3.25. The lowest BCUT2D eigenvalue weighted by molar-refractivity contribution is -0.133. The summed E-state index contributed by atoms with van der Waals surface area (Å²) in [5.41, 5.74) is 2.20. The van der Waals surface area contributed by atoms with E-state index in [1.165, 1.54) is 5.56 Å². The average molecular weight is 376 g/mol. The summed E-state index contributed by atoms with van der Waals surface area (Å²) in [6.07, 6.45) is 1.29. The maximum Gasteiger partial charge on any atom is 0.244 e. The average Bonchev–Trinajstić information content (AvgIpc) is 3.40. The van der Waals surface area contributed by atoms with Gasteiger partial charge in [0, 0.05) is 32.5 Å². The molecule has 0 radical (unpaired) electrons. The lowest BCUT2D eigenvalue weighted by atomic mass is 10.0. The predicted octanol–water partition coefficient (Wildman–Crippen LogP) is 3.21. The lowest BCUT2D eigenvalue weighted by Gasteiger charge is -2.27. The van der Waals surface area contributed by atoms with Gasteiger partial charge in [0.2, 0.25) is 5.91 Å². The normalized spacial score (nSPS) is 21.5. The number of hydrogen-bond acceptors (Lipinski definition) is 6. The Kier molecular flexibility index (Phi) is 5.26. The van der Waals surface area contributed by atoms with Crippen LogP contribution in [0, 0.1) is 0 Å². The van der Waals surface area contributed by atoms with Gasteiger partial charge in [-0.05, 0) is 33.8 Å². The van der Waals surface area contributed by atoms with Gasteiger partial charge in [0.25, 0.3) is 0 Å². The molecule has 7 heteroatoms. The first-order valence-electron chi connectivity index (χ1n) is 8.57. The van der Waals surface area contributed by atoms with Crippen LogP contribution in [0.4, 0.5) is 0 Å². The van der Waals surface area contributed by atoms with Crippen molar-refractivity contribution < 1.29 is 9.53 Å². The zero-order valence-electron chi connectivity index (χ0n) is 14.0. The van der Waals surface area contributed by atoms with Gasteiger partial charge in [-0.1, -0.05) is 6.07 Å². The Morgan fingerprint density at radius 2 is 2.16 bits per heavy atom. The molecule has 0 aromatic carbocycles. The molecule has 2 aromatic rings. The fourth-order valence-corrected chi connectivity index (χ4v) is 4.68. The molecule has 5 nitrogen and oxygen atoms in total. The molecular weight excluding hydrogens is 354 g/mol. The molecule has 0 saturated carbocycles. The number of amides is 1. The highest BCUT2D eigenvalue weighted by molar-refractivity contribution is 7.12. The number of carbonyl (C=O) groups is 1. The molecule has 1 atom stereocenters. The third-order valence-corrected chi connectivity index (χ3v) is 6.27. The smallest absolute Gasteiger partial charge is 0.244 e. The lowest BCUT2D eigenvalue weighted by Crippen LogP contribution is -2.39. The van der Waals surface area contributed by atoms with E-state index in [4.69, 9.17) is 9.84 Å². The fraction of sp³-hybridized carbons (Fsp3) is 0.444. The second-order valence-electron chi connectivity index (χ2n) is 6.24. The van der Waals surface area contributed by atoms with Crippen LogP contribution in [0.15, 0.2) is 39.4 Å². The van der Waals surface area contributed by atoms with Crippen molar-refractivity contribution in [2.45, 2.75) is 18.9 Å². The van der Waals surface area contributed by atoms with E-state index in [2.05, 4.69) is 33.2 Å². The van der Waals surface area contributed by atoms with Crippen LogP contribution in [-0.4, -0.2) is 54.4 Å². The quantitative estimate of drug-likeness (QED) is 0.806. The number of carbonyl (C=O) groups excluding carboxylic acids is 1. The van der Waals surface area contributed by atoms with Crippen molar-refractivity contribution >= 4 is 34.3 Å². The second-order valence-corrected chi connectivity index (χ2v) is 7.97. The molecule has 25 heavy (non-hydrogen) atoms. The van der Waals surface area contributed by atoms with Crippen LogP contribution in [0.25, 0.3) is 0 Å². The summed E-state index contributed by atoms with van der Waals surface area (Å²) >= 11 is 3.35. The maximum absolute atomic E-state index is 12.9. The molecule has 132 valence electrons. The Labute approximate surface area is 155 Å². The van der Waals surface area contributed by atoms with Crippen molar-refractivity contribution in [2.24, 2.45) is 5.10 Å². The van der Waals surface area contributed by atoms with Crippen LogP contribution in [0.1, 0.15) is 29.3 Å². The maximum atomic E-state index is 12.9. The number of hydrazone groups is 1. The highest BCUT2D eigenvalue weighted by Gasteiger charge is 2.33. The van der Waals surface area contributed by atoms with Crippen LogP contribution in [-0.2, 0) is 9.53 Å². The third kappa shape index (κ3) is 3.84. The van der Waals surface area contributed by atoms with Crippen molar-refractivity contribution in [3.8, 4) is 0 Å². The predicted molar refractivity (Wildman–Crippen MR) is 101 cm³/mol. The number of nitrogens with zero attached hydrogens (tertiary/aromatic N) is 3. The highest BCUT2D eigenvalue weighted by atomic mass is 32.1. The van der Waals surface area contributed by atoms with Crippen LogP contribution in [0.5, 0.6) is 0 Å². The number of rotatable bonds is 5. The van der Waals surface area contributed by atoms with E-state index in [0.717, 1.165) is 49.9 Å². The second kappa shape index (κ2) is 7.78. The molecule has 1 unspecified atom stereocenters. The van der Waals surface area contributed by atoms with Crippen LogP contribution in [0.2, 0.25) is 0 Å². The van der Waals surface area contributed by atoms with Crippen molar-refractivity contribution in [1.82, 2.24) is 9.91 Å². The zero-order chi connectivity index (χ0) is 17.1. The summed E-state index contributed by atoms with van der Waals surface area (Å²) in [5, 5.41) is 12.7. The summed E-state index contributed by atoms with van der Waals surface area (Å²) < 4.78 is 5.37. The molecule has 1 saturated heterocycles. The number of ether oxygens (including phenoxy) is 1. The number of morpholine rings is 1. The van der Waals surface area contributed by atoms with Crippen LogP contribution in [0.3, 0.4) is 0 Å². The topological polar surface area (TPSA) is 45.1 Å². The Bertz CT molecular complexity index is 722. The van der Waals surface area contributed by atoms with E-state index in [1.807, 2.05) is 6.07 Å². The van der Waals surface area contributed by atoms with Crippen LogP contribution >= 0.6 is 22.7 Å². The van der Waals surface area contributed by atoms with Gasteiger partial charge in [-0.25, -0.2) is 5.01 Å². The van der Waals surface area contributed by atoms with E-state index in [0.29, 0.717) is 6.42 Å². The van der Waals surface area contributed by atoms with Gasteiger partial charge in [-0.3, -0.25) is 9.69 Å². The molecule has 2 aliphatic heterocycles. The van der Waals surface area contributed by atoms with E-state index < -0.39 is 0 Å². The molecule has 2 aromatic heterocycles. The monoisotopic (exact) mass is 375 g/mol. The van der Waals surface area contributed by atoms with Crippen molar-refractivity contribution in [2.75, 3.05) is 32.8 Å². The number of thiophene rings is 2. The Morgan fingerprint density at radius 3 is 2.88 bits per heavy atom. The highest BCUT2D eigenvalue weighted by Crippen LogP contribution is 2.35. The largest absolute Gasteiger partial charge is 0.379 e. The first-order valence-corrected chi connectivity index (χ1v) is 10.4. The Hall–Kier alpha value is -1.54. The van der Waals surface area contributed by atoms with Crippen LogP contribution < -0.4 is 0 Å². The first kappa shape index (κ1) is 16.9. The molecule has 0 spiro atoms. The molecule has 2 aliphatic rings. The summed E-state index contributed by atoms with van der Waals surface area (Å²) in [6.45, 7) is 4.11. The Balaban J connectivity index is 1.48. The van der Waals surface area contributed by atoms with Gasteiger partial charge in [0.1, 0.15) is 0 Å². The molecule has 0 aliphatic carbocycles. The van der Waals surface area contributed by atoms with Crippen molar-refractivity contribution in [3.63, 3.8) is 0 Å². The molecule has 1 fully saturated rings. The van der Waals surface area contributed by atoms with E-state index in [1.54, 1.807) is 27.7 Å². The third-order valence-electron chi connectivity index (χ3n) is 4.65. The van der Waals surface area contributed by atoms with E-state index in [-0.39, 0.29) is 11.9 Å². The van der Waals surface area contributed by atoms with Gasteiger partial charge in [-0.2, -0.15) is 16.4 Å². The van der Waals surface area contributed by atoms with Gasteiger partial charge in [0.15, 0.2) is 0 Å².